The lowest BCUT2D eigenvalue weighted by Crippen LogP contribution is -2.16. The Morgan fingerprint density at radius 3 is 2.08 bits per heavy atom. The number of carbonyl (C=O) groups is 2. The van der Waals surface area contributed by atoms with Crippen LogP contribution in [0.5, 0.6) is 0 Å². The van der Waals surface area contributed by atoms with Crippen molar-refractivity contribution in [3.8, 4) is 0 Å². The van der Waals surface area contributed by atoms with E-state index in [0.717, 1.165) is 0 Å². The summed E-state index contributed by atoms with van der Waals surface area (Å²) in [5.41, 5.74) is 0. The molecule has 0 amide bonds. The predicted molar refractivity (Wildman–Crippen MR) is 47.5 cm³/mol. The third kappa shape index (κ3) is 2.05. The summed E-state index contributed by atoms with van der Waals surface area (Å²) < 4.78 is 5.23. The Labute approximate surface area is 76.7 Å². The maximum Gasteiger partial charge on any atom is 0.147 e. The molecule has 0 aromatic carbocycles. The van der Waals surface area contributed by atoms with Gasteiger partial charge in [0.05, 0.1) is 0 Å². The largest absolute Gasteiger partial charge is 0.465 e. The van der Waals surface area contributed by atoms with E-state index in [1.807, 2.05) is 0 Å². The van der Waals surface area contributed by atoms with Crippen LogP contribution in [0, 0.1) is 6.92 Å². The fourth-order valence-corrected chi connectivity index (χ4v) is 1.30. The van der Waals surface area contributed by atoms with Crippen LogP contribution in [0.25, 0.3) is 0 Å². The van der Waals surface area contributed by atoms with Gasteiger partial charge in [0.2, 0.25) is 0 Å². The van der Waals surface area contributed by atoms with Crippen LogP contribution >= 0.6 is 0 Å². The first-order valence-electron chi connectivity index (χ1n) is 4.09. The van der Waals surface area contributed by atoms with Gasteiger partial charge in [0.15, 0.2) is 0 Å². The van der Waals surface area contributed by atoms with E-state index in [2.05, 4.69) is 0 Å². The lowest BCUT2D eigenvalue weighted by Gasteiger charge is -2.05. The maximum atomic E-state index is 11.1. The number of carbonyl (C=O) groups excluding carboxylic acids is 2. The molecule has 3 heteroatoms. The average Bonchev–Trinajstić information content (AvgIpc) is 2.34. The molecule has 1 rings (SSSR count). The Morgan fingerprint density at radius 1 is 1.23 bits per heavy atom. The van der Waals surface area contributed by atoms with E-state index < -0.39 is 5.92 Å². The van der Waals surface area contributed by atoms with E-state index in [4.69, 9.17) is 4.42 Å². The van der Waals surface area contributed by atoms with E-state index in [1.165, 1.54) is 13.8 Å². The van der Waals surface area contributed by atoms with Crippen molar-refractivity contribution in [2.75, 3.05) is 0 Å². The van der Waals surface area contributed by atoms with Gasteiger partial charge >= 0.3 is 0 Å². The molecule has 0 N–H and O–H groups in total. The van der Waals surface area contributed by atoms with Crippen LogP contribution in [0.3, 0.4) is 0 Å². The first-order chi connectivity index (χ1) is 6.02. The standard InChI is InChI=1S/C10H12O3/c1-6-4-5-9(13-6)10(7(2)11)8(3)12/h4-5,10H,1-3H3. The van der Waals surface area contributed by atoms with Crippen molar-refractivity contribution >= 4 is 11.6 Å². The molecule has 1 heterocycles. The third-order valence-corrected chi connectivity index (χ3v) is 1.86. The molecule has 0 saturated carbocycles. The third-order valence-electron chi connectivity index (χ3n) is 1.86. The van der Waals surface area contributed by atoms with Gasteiger partial charge in [-0.25, -0.2) is 0 Å². The second-order valence-corrected chi connectivity index (χ2v) is 3.10. The second-order valence-electron chi connectivity index (χ2n) is 3.10. The minimum Gasteiger partial charge on any atom is -0.465 e. The fraction of sp³-hybridized carbons (Fsp3) is 0.400. The van der Waals surface area contributed by atoms with Crippen molar-refractivity contribution in [2.45, 2.75) is 26.7 Å². The van der Waals surface area contributed by atoms with Crippen molar-refractivity contribution in [2.24, 2.45) is 0 Å². The van der Waals surface area contributed by atoms with Gasteiger partial charge < -0.3 is 4.42 Å². The van der Waals surface area contributed by atoms with Crippen LogP contribution in [0.2, 0.25) is 0 Å². The fourth-order valence-electron chi connectivity index (χ4n) is 1.30. The lowest BCUT2D eigenvalue weighted by atomic mass is 9.98. The summed E-state index contributed by atoms with van der Waals surface area (Å²) in [6.45, 7) is 4.56. The maximum absolute atomic E-state index is 11.1. The van der Waals surface area contributed by atoms with Gasteiger partial charge in [0.1, 0.15) is 29.0 Å². The highest BCUT2D eigenvalue weighted by molar-refractivity contribution is 6.05. The number of hydrogen-bond donors (Lipinski definition) is 0. The summed E-state index contributed by atoms with van der Waals surface area (Å²) in [5.74, 6) is 0.0670. The molecule has 0 aliphatic rings. The van der Waals surface area contributed by atoms with E-state index in [0.29, 0.717) is 11.5 Å². The highest BCUT2D eigenvalue weighted by Gasteiger charge is 2.24. The quantitative estimate of drug-likeness (QED) is 0.667. The van der Waals surface area contributed by atoms with E-state index in [-0.39, 0.29) is 11.6 Å². The van der Waals surface area contributed by atoms with Crippen molar-refractivity contribution in [1.82, 2.24) is 0 Å². The lowest BCUT2D eigenvalue weighted by molar-refractivity contribution is -0.127. The van der Waals surface area contributed by atoms with Gasteiger partial charge in [-0.15, -0.1) is 0 Å². The number of hydrogen-bond acceptors (Lipinski definition) is 3. The van der Waals surface area contributed by atoms with Crippen molar-refractivity contribution in [3.05, 3.63) is 23.7 Å². The van der Waals surface area contributed by atoms with Gasteiger partial charge in [-0.2, -0.15) is 0 Å². The zero-order valence-corrected chi connectivity index (χ0v) is 7.96. The van der Waals surface area contributed by atoms with Gasteiger partial charge in [0, 0.05) is 0 Å². The van der Waals surface area contributed by atoms with Crippen molar-refractivity contribution < 1.29 is 14.0 Å². The highest BCUT2D eigenvalue weighted by atomic mass is 16.3. The summed E-state index contributed by atoms with van der Waals surface area (Å²) in [6.07, 6.45) is 0. The van der Waals surface area contributed by atoms with E-state index in [9.17, 15) is 9.59 Å². The molecular weight excluding hydrogens is 168 g/mol. The predicted octanol–water partition coefficient (Wildman–Crippen LogP) is 1.85. The van der Waals surface area contributed by atoms with E-state index >= 15 is 0 Å². The summed E-state index contributed by atoms with van der Waals surface area (Å²) in [7, 11) is 0. The molecule has 0 aliphatic carbocycles. The summed E-state index contributed by atoms with van der Waals surface area (Å²) >= 11 is 0. The number of Topliss-reactive ketones (excluding diaryl/α,β-unsaturated/α-hetero) is 2. The Kier molecular flexibility index (Phi) is 2.66. The van der Waals surface area contributed by atoms with E-state index in [1.54, 1.807) is 19.1 Å². The first-order valence-corrected chi connectivity index (χ1v) is 4.09. The highest BCUT2D eigenvalue weighted by Crippen LogP contribution is 2.20. The molecule has 1 aromatic rings. The average molecular weight is 180 g/mol. The van der Waals surface area contributed by atoms with Crippen LogP contribution in [0.15, 0.2) is 16.5 Å². The van der Waals surface area contributed by atoms with Gasteiger partial charge in [-0.1, -0.05) is 0 Å². The molecule has 0 atom stereocenters. The van der Waals surface area contributed by atoms with Gasteiger partial charge in [0.25, 0.3) is 0 Å². The molecule has 70 valence electrons. The molecule has 13 heavy (non-hydrogen) atoms. The molecule has 0 spiro atoms. The topological polar surface area (TPSA) is 47.3 Å². The SMILES string of the molecule is CC(=O)C(C(C)=O)c1ccc(C)o1. The molecule has 0 radical (unpaired) electrons. The summed E-state index contributed by atoms with van der Waals surface area (Å²) in [5, 5.41) is 0. The molecule has 1 aromatic heterocycles. The molecule has 0 unspecified atom stereocenters. The zero-order valence-electron chi connectivity index (χ0n) is 7.96. The van der Waals surface area contributed by atoms with Crippen LogP contribution in [0.4, 0.5) is 0 Å². The second kappa shape index (κ2) is 3.56. The van der Waals surface area contributed by atoms with Crippen LogP contribution in [0.1, 0.15) is 31.3 Å². The minimum absolute atomic E-state index is 0.179. The van der Waals surface area contributed by atoms with Crippen LogP contribution in [-0.4, -0.2) is 11.6 Å². The van der Waals surface area contributed by atoms with Crippen molar-refractivity contribution in [3.63, 3.8) is 0 Å². The minimum atomic E-state index is -0.728. The Hall–Kier alpha value is -1.38. The Bertz CT molecular complexity index is 322. The molecule has 0 aliphatic heterocycles. The molecular formula is C10H12O3. The van der Waals surface area contributed by atoms with Gasteiger partial charge in [-0.05, 0) is 32.9 Å². The summed E-state index contributed by atoms with van der Waals surface area (Å²) in [6, 6.07) is 3.41. The van der Waals surface area contributed by atoms with Crippen LogP contribution in [-0.2, 0) is 9.59 Å². The Balaban J connectivity index is 3.02. The summed E-state index contributed by atoms with van der Waals surface area (Å²) in [4.78, 5) is 22.2. The molecule has 0 saturated heterocycles. The molecule has 0 fully saturated rings. The van der Waals surface area contributed by atoms with Crippen molar-refractivity contribution in [1.29, 1.82) is 0 Å². The number of furan rings is 1. The van der Waals surface area contributed by atoms with Gasteiger partial charge in [-0.3, -0.25) is 9.59 Å². The smallest absolute Gasteiger partial charge is 0.147 e. The van der Waals surface area contributed by atoms with Crippen LogP contribution < -0.4 is 0 Å². The monoisotopic (exact) mass is 180 g/mol. The zero-order chi connectivity index (χ0) is 10.0. The molecule has 0 bridgehead atoms. The Morgan fingerprint density at radius 2 is 1.77 bits per heavy atom. The number of aryl methyl sites for hydroxylation is 1. The molecule has 3 nitrogen and oxygen atoms in total. The number of ketones is 2. The first kappa shape index (κ1) is 9.71. The normalized spacial score (nSPS) is 10.5. The number of rotatable bonds is 3.